The summed E-state index contributed by atoms with van der Waals surface area (Å²) >= 11 is 6.33. The van der Waals surface area contributed by atoms with Gasteiger partial charge in [0.25, 0.3) is 0 Å². The molecule has 3 rings (SSSR count). The minimum atomic E-state index is -0.315. The van der Waals surface area contributed by atoms with Gasteiger partial charge in [-0.3, -0.25) is 4.90 Å². The highest BCUT2D eigenvalue weighted by atomic mass is 35.5. The van der Waals surface area contributed by atoms with E-state index < -0.39 is 0 Å². The third-order valence-corrected chi connectivity index (χ3v) is 5.22. The number of hydrogen-bond donors (Lipinski definition) is 0. The molecule has 4 heteroatoms. The maximum atomic E-state index is 12.0. The highest BCUT2D eigenvalue weighted by Gasteiger charge is 2.17. The molecule has 2 aromatic carbocycles. The van der Waals surface area contributed by atoms with Crippen LogP contribution in [0.15, 0.2) is 51.7 Å². The molecule has 0 saturated heterocycles. The van der Waals surface area contributed by atoms with Crippen molar-refractivity contribution in [3.8, 4) is 0 Å². The average Bonchev–Trinajstić information content (AvgIpc) is 2.56. The van der Waals surface area contributed by atoms with Crippen LogP contribution in [0.4, 0.5) is 0 Å². The molecule has 0 aliphatic carbocycles. The van der Waals surface area contributed by atoms with Crippen molar-refractivity contribution in [2.75, 3.05) is 7.05 Å². The van der Waals surface area contributed by atoms with Gasteiger partial charge in [0.1, 0.15) is 5.58 Å². The minimum absolute atomic E-state index is 0.127. The molecule has 0 N–H and O–H groups in total. The van der Waals surface area contributed by atoms with Gasteiger partial charge in [0.05, 0.1) is 0 Å². The Bertz CT molecular complexity index is 977. The van der Waals surface area contributed by atoms with Gasteiger partial charge in [0.15, 0.2) is 0 Å². The molecule has 1 atom stereocenters. The molecular formula is C21H22ClNO2. The Morgan fingerprint density at radius 1 is 1.12 bits per heavy atom. The van der Waals surface area contributed by atoms with E-state index in [0.29, 0.717) is 12.1 Å². The van der Waals surface area contributed by atoms with Crippen LogP contribution in [-0.4, -0.2) is 11.9 Å². The number of benzene rings is 2. The van der Waals surface area contributed by atoms with E-state index in [1.807, 2.05) is 44.3 Å². The SMILES string of the molecule is Cc1cc2oc(=O)cc(CN(C)C(C)c3ccccc3Cl)c2cc1C. The summed E-state index contributed by atoms with van der Waals surface area (Å²) in [6.45, 7) is 6.84. The fraction of sp³-hybridized carbons (Fsp3) is 0.286. The lowest BCUT2D eigenvalue weighted by Crippen LogP contribution is -2.23. The van der Waals surface area contributed by atoms with Crippen LogP contribution >= 0.6 is 11.6 Å². The van der Waals surface area contributed by atoms with Crippen molar-refractivity contribution in [3.05, 3.63) is 80.2 Å². The van der Waals surface area contributed by atoms with Gasteiger partial charge in [0, 0.05) is 29.1 Å². The first-order chi connectivity index (χ1) is 11.9. The molecule has 0 radical (unpaired) electrons. The summed E-state index contributed by atoms with van der Waals surface area (Å²) < 4.78 is 5.39. The molecule has 0 amide bonds. The average molecular weight is 356 g/mol. The van der Waals surface area contributed by atoms with Crippen molar-refractivity contribution >= 4 is 22.6 Å². The maximum Gasteiger partial charge on any atom is 0.336 e. The molecule has 0 bridgehead atoms. The Morgan fingerprint density at radius 2 is 1.80 bits per heavy atom. The number of halogens is 1. The molecule has 1 heterocycles. The van der Waals surface area contributed by atoms with E-state index in [4.69, 9.17) is 16.0 Å². The van der Waals surface area contributed by atoms with Crippen molar-refractivity contribution in [3.63, 3.8) is 0 Å². The van der Waals surface area contributed by atoms with E-state index in [1.165, 1.54) is 5.56 Å². The number of hydrogen-bond acceptors (Lipinski definition) is 3. The summed E-state index contributed by atoms with van der Waals surface area (Å²) in [5.74, 6) is 0. The van der Waals surface area contributed by atoms with Crippen LogP contribution in [0.25, 0.3) is 11.0 Å². The number of fused-ring (bicyclic) bond motifs is 1. The van der Waals surface area contributed by atoms with Gasteiger partial charge in [-0.2, -0.15) is 0 Å². The van der Waals surface area contributed by atoms with Crippen molar-refractivity contribution in [1.82, 2.24) is 4.90 Å². The van der Waals surface area contributed by atoms with Crippen LogP contribution in [0.5, 0.6) is 0 Å². The summed E-state index contributed by atoms with van der Waals surface area (Å²) in [7, 11) is 2.04. The molecule has 1 aromatic heterocycles. The first-order valence-electron chi connectivity index (χ1n) is 8.35. The van der Waals surface area contributed by atoms with Crippen molar-refractivity contribution in [2.24, 2.45) is 0 Å². The summed E-state index contributed by atoms with van der Waals surface area (Å²) in [4.78, 5) is 14.2. The molecule has 0 saturated carbocycles. The molecule has 0 aliphatic heterocycles. The van der Waals surface area contributed by atoms with E-state index in [2.05, 4.69) is 24.8 Å². The largest absolute Gasteiger partial charge is 0.423 e. The highest BCUT2D eigenvalue weighted by Crippen LogP contribution is 2.29. The zero-order chi connectivity index (χ0) is 18.1. The second kappa shape index (κ2) is 7.03. The first kappa shape index (κ1) is 17.7. The third-order valence-electron chi connectivity index (χ3n) is 4.88. The molecule has 0 fully saturated rings. The Hall–Kier alpha value is -2.10. The fourth-order valence-corrected chi connectivity index (χ4v) is 3.36. The van der Waals surface area contributed by atoms with Gasteiger partial charge in [0.2, 0.25) is 0 Å². The standard InChI is InChI=1S/C21H22ClNO2/c1-13-9-18-16(11-21(24)25-20(18)10-14(13)2)12-23(4)15(3)17-7-5-6-8-19(17)22/h5-11,15H,12H2,1-4H3. The Labute approximate surface area is 152 Å². The number of aryl methyl sites for hydroxylation is 2. The summed E-state index contributed by atoms with van der Waals surface area (Å²) in [6, 6.07) is 13.6. The summed E-state index contributed by atoms with van der Waals surface area (Å²) in [5, 5.41) is 1.74. The van der Waals surface area contributed by atoms with Gasteiger partial charge in [-0.05, 0) is 68.3 Å². The zero-order valence-electron chi connectivity index (χ0n) is 15.0. The second-order valence-electron chi connectivity index (χ2n) is 6.64. The second-order valence-corrected chi connectivity index (χ2v) is 7.04. The fourth-order valence-electron chi connectivity index (χ4n) is 3.07. The quantitative estimate of drug-likeness (QED) is 0.599. The lowest BCUT2D eigenvalue weighted by Gasteiger charge is -2.26. The Balaban J connectivity index is 1.98. The smallest absolute Gasteiger partial charge is 0.336 e. The van der Waals surface area contributed by atoms with Gasteiger partial charge in [-0.15, -0.1) is 0 Å². The lowest BCUT2D eigenvalue weighted by molar-refractivity contribution is 0.253. The number of rotatable bonds is 4. The van der Waals surface area contributed by atoms with E-state index >= 15 is 0 Å². The predicted molar refractivity (Wildman–Crippen MR) is 103 cm³/mol. The molecule has 130 valence electrons. The topological polar surface area (TPSA) is 33.5 Å². The molecule has 0 aliphatic rings. The van der Waals surface area contributed by atoms with E-state index in [9.17, 15) is 4.79 Å². The molecule has 0 spiro atoms. The van der Waals surface area contributed by atoms with Crippen LogP contribution in [-0.2, 0) is 6.54 Å². The minimum Gasteiger partial charge on any atom is -0.423 e. The van der Waals surface area contributed by atoms with E-state index in [-0.39, 0.29) is 11.7 Å². The highest BCUT2D eigenvalue weighted by molar-refractivity contribution is 6.31. The normalized spacial score (nSPS) is 12.7. The molecule has 1 unspecified atom stereocenters. The first-order valence-corrected chi connectivity index (χ1v) is 8.73. The van der Waals surface area contributed by atoms with Gasteiger partial charge < -0.3 is 4.42 Å². The van der Waals surface area contributed by atoms with Crippen LogP contribution in [0, 0.1) is 13.8 Å². The summed E-state index contributed by atoms with van der Waals surface area (Å²) in [5.41, 5.74) is 4.67. The van der Waals surface area contributed by atoms with Crippen molar-refractivity contribution < 1.29 is 4.42 Å². The van der Waals surface area contributed by atoms with Gasteiger partial charge in [-0.25, -0.2) is 4.79 Å². The number of nitrogens with zero attached hydrogens (tertiary/aromatic N) is 1. The van der Waals surface area contributed by atoms with Crippen LogP contribution in [0.1, 0.15) is 35.2 Å². The van der Waals surface area contributed by atoms with Crippen LogP contribution in [0.3, 0.4) is 0 Å². The van der Waals surface area contributed by atoms with Crippen molar-refractivity contribution in [2.45, 2.75) is 33.4 Å². The zero-order valence-corrected chi connectivity index (χ0v) is 15.7. The lowest BCUT2D eigenvalue weighted by atomic mass is 10.0. The third kappa shape index (κ3) is 3.63. The van der Waals surface area contributed by atoms with Crippen molar-refractivity contribution in [1.29, 1.82) is 0 Å². The molecule has 25 heavy (non-hydrogen) atoms. The Morgan fingerprint density at radius 3 is 2.52 bits per heavy atom. The van der Waals surface area contributed by atoms with Gasteiger partial charge >= 0.3 is 5.63 Å². The van der Waals surface area contributed by atoms with E-state index in [0.717, 1.165) is 27.1 Å². The monoisotopic (exact) mass is 355 g/mol. The van der Waals surface area contributed by atoms with E-state index in [1.54, 1.807) is 6.07 Å². The predicted octanol–water partition coefficient (Wildman–Crippen LogP) is 5.26. The van der Waals surface area contributed by atoms with Gasteiger partial charge in [-0.1, -0.05) is 29.8 Å². The van der Waals surface area contributed by atoms with Crippen LogP contribution in [0.2, 0.25) is 5.02 Å². The molecule has 3 nitrogen and oxygen atoms in total. The maximum absolute atomic E-state index is 12.0. The van der Waals surface area contributed by atoms with Crippen LogP contribution < -0.4 is 5.63 Å². The summed E-state index contributed by atoms with van der Waals surface area (Å²) in [6.07, 6.45) is 0. The Kier molecular flexibility index (Phi) is 4.98. The molecule has 3 aromatic rings. The molecular weight excluding hydrogens is 334 g/mol.